The SMILES string of the molecule is COc1ccc(C)cc1CCNCc1ccc(-n2ccnc2)c(F)c1. The Labute approximate surface area is 147 Å². The van der Waals surface area contributed by atoms with Gasteiger partial charge in [-0.25, -0.2) is 9.37 Å². The van der Waals surface area contributed by atoms with E-state index in [1.54, 1.807) is 42.5 Å². The molecule has 25 heavy (non-hydrogen) atoms. The minimum atomic E-state index is -0.252. The Hall–Kier alpha value is -2.66. The molecule has 0 unspecified atom stereocenters. The maximum atomic E-state index is 14.2. The molecule has 0 saturated carbocycles. The Kier molecular flexibility index (Phi) is 5.46. The number of aryl methyl sites for hydroxylation is 1. The van der Waals surface area contributed by atoms with Crippen molar-refractivity contribution in [3.05, 3.63) is 77.6 Å². The molecule has 5 heteroatoms. The van der Waals surface area contributed by atoms with Gasteiger partial charge in [-0.1, -0.05) is 23.8 Å². The van der Waals surface area contributed by atoms with E-state index in [2.05, 4.69) is 23.3 Å². The van der Waals surface area contributed by atoms with Crippen LogP contribution in [0.3, 0.4) is 0 Å². The average molecular weight is 339 g/mol. The van der Waals surface area contributed by atoms with Crippen LogP contribution in [0.5, 0.6) is 5.75 Å². The number of halogens is 1. The molecular formula is C20H22FN3O. The molecule has 2 aromatic carbocycles. The molecule has 4 nitrogen and oxygen atoms in total. The van der Waals surface area contributed by atoms with Crippen LogP contribution in [0.15, 0.2) is 55.1 Å². The Morgan fingerprint density at radius 3 is 2.80 bits per heavy atom. The highest BCUT2D eigenvalue weighted by Crippen LogP contribution is 2.20. The number of imidazole rings is 1. The van der Waals surface area contributed by atoms with Crippen molar-refractivity contribution in [2.24, 2.45) is 0 Å². The lowest BCUT2D eigenvalue weighted by atomic mass is 10.1. The maximum Gasteiger partial charge on any atom is 0.147 e. The number of methoxy groups -OCH3 is 1. The van der Waals surface area contributed by atoms with E-state index in [1.807, 2.05) is 18.2 Å². The van der Waals surface area contributed by atoms with Gasteiger partial charge in [-0.05, 0) is 49.2 Å². The van der Waals surface area contributed by atoms with Crippen molar-refractivity contribution in [2.45, 2.75) is 19.9 Å². The summed E-state index contributed by atoms with van der Waals surface area (Å²) in [6, 6.07) is 11.4. The van der Waals surface area contributed by atoms with Crippen LogP contribution in [-0.4, -0.2) is 23.2 Å². The molecule has 130 valence electrons. The van der Waals surface area contributed by atoms with Crippen LogP contribution in [0.2, 0.25) is 0 Å². The predicted octanol–water partition coefficient (Wildman–Crippen LogP) is 3.66. The fourth-order valence-corrected chi connectivity index (χ4v) is 2.83. The van der Waals surface area contributed by atoms with E-state index in [0.717, 1.165) is 24.3 Å². The fourth-order valence-electron chi connectivity index (χ4n) is 2.83. The first-order chi connectivity index (χ1) is 12.2. The molecule has 3 rings (SSSR count). The van der Waals surface area contributed by atoms with Gasteiger partial charge < -0.3 is 14.6 Å². The van der Waals surface area contributed by atoms with Crippen molar-refractivity contribution in [3.63, 3.8) is 0 Å². The standard InChI is InChI=1S/C20H22FN3O/c1-15-3-6-20(25-2)17(11-15)7-8-22-13-16-4-5-19(18(21)12-16)24-10-9-23-14-24/h3-6,9-12,14,22H,7-8,13H2,1-2H3. The number of benzene rings is 2. The van der Waals surface area contributed by atoms with Gasteiger partial charge in [0.1, 0.15) is 11.6 Å². The second-order valence-corrected chi connectivity index (χ2v) is 6.00. The van der Waals surface area contributed by atoms with Gasteiger partial charge in [-0.2, -0.15) is 0 Å². The van der Waals surface area contributed by atoms with Gasteiger partial charge in [-0.3, -0.25) is 0 Å². The third-order valence-corrected chi connectivity index (χ3v) is 4.13. The maximum absolute atomic E-state index is 14.2. The summed E-state index contributed by atoms with van der Waals surface area (Å²) in [5.41, 5.74) is 3.81. The number of rotatable bonds is 7. The number of nitrogens with one attached hydrogen (secondary N) is 1. The quantitative estimate of drug-likeness (QED) is 0.668. The summed E-state index contributed by atoms with van der Waals surface area (Å²) in [7, 11) is 1.69. The van der Waals surface area contributed by atoms with Gasteiger partial charge in [0, 0.05) is 18.9 Å². The van der Waals surface area contributed by atoms with Crippen LogP contribution in [0.1, 0.15) is 16.7 Å². The van der Waals surface area contributed by atoms with Crippen molar-refractivity contribution in [3.8, 4) is 11.4 Å². The number of aromatic nitrogens is 2. The van der Waals surface area contributed by atoms with E-state index in [0.29, 0.717) is 12.2 Å². The zero-order valence-corrected chi connectivity index (χ0v) is 14.5. The molecule has 1 heterocycles. The summed E-state index contributed by atoms with van der Waals surface area (Å²) < 4.78 is 21.3. The summed E-state index contributed by atoms with van der Waals surface area (Å²) in [4.78, 5) is 3.95. The highest BCUT2D eigenvalue weighted by molar-refractivity contribution is 5.37. The van der Waals surface area contributed by atoms with Crippen LogP contribution < -0.4 is 10.1 Å². The van der Waals surface area contributed by atoms with Crippen molar-refractivity contribution in [1.29, 1.82) is 0 Å². The topological polar surface area (TPSA) is 39.1 Å². The molecule has 0 fully saturated rings. The largest absolute Gasteiger partial charge is 0.496 e. The van der Waals surface area contributed by atoms with Gasteiger partial charge >= 0.3 is 0 Å². The van der Waals surface area contributed by atoms with E-state index in [-0.39, 0.29) is 5.82 Å². The first-order valence-corrected chi connectivity index (χ1v) is 8.28. The van der Waals surface area contributed by atoms with Gasteiger partial charge in [0.15, 0.2) is 0 Å². The highest BCUT2D eigenvalue weighted by atomic mass is 19.1. The lowest BCUT2D eigenvalue weighted by Gasteiger charge is -2.11. The van der Waals surface area contributed by atoms with Crippen molar-refractivity contribution >= 4 is 0 Å². The average Bonchev–Trinajstić information content (AvgIpc) is 3.13. The predicted molar refractivity (Wildman–Crippen MR) is 96.7 cm³/mol. The van der Waals surface area contributed by atoms with Crippen molar-refractivity contribution in [2.75, 3.05) is 13.7 Å². The van der Waals surface area contributed by atoms with Crippen LogP contribution in [-0.2, 0) is 13.0 Å². The normalized spacial score (nSPS) is 10.8. The third kappa shape index (κ3) is 4.25. The van der Waals surface area contributed by atoms with Gasteiger partial charge in [0.2, 0.25) is 0 Å². The number of hydrogen-bond acceptors (Lipinski definition) is 3. The van der Waals surface area contributed by atoms with Crippen LogP contribution >= 0.6 is 0 Å². The minimum Gasteiger partial charge on any atom is -0.496 e. The molecule has 0 amide bonds. The smallest absolute Gasteiger partial charge is 0.147 e. The summed E-state index contributed by atoms with van der Waals surface area (Å²) in [5, 5.41) is 3.36. The van der Waals surface area contributed by atoms with E-state index in [9.17, 15) is 4.39 Å². The fraction of sp³-hybridized carbons (Fsp3) is 0.250. The Balaban J connectivity index is 1.56. The molecule has 0 aliphatic rings. The lowest BCUT2D eigenvalue weighted by Crippen LogP contribution is -2.17. The van der Waals surface area contributed by atoms with Crippen molar-refractivity contribution < 1.29 is 9.13 Å². The molecule has 0 saturated heterocycles. The van der Waals surface area contributed by atoms with E-state index in [1.165, 1.54) is 11.1 Å². The lowest BCUT2D eigenvalue weighted by molar-refractivity contribution is 0.409. The van der Waals surface area contributed by atoms with Gasteiger partial charge in [0.25, 0.3) is 0 Å². The Morgan fingerprint density at radius 1 is 1.20 bits per heavy atom. The zero-order valence-electron chi connectivity index (χ0n) is 14.5. The second-order valence-electron chi connectivity index (χ2n) is 6.00. The van der Waals surface area contributed by atoms with Gasteiger partial charge in [-0.15, -0.1) is 0 Å². The van der Waals surface area contributed by atoms with Gasteiger partial charge in [0.05, 0.1) is 19.1 Å². The van der Waals surface area contributed by atoms with Crippen LogP contribution in [0, 0.1) is 12.7 Å². The highest BCUT2D eigenvalue weighted by Gasteiger charge is 2.06. The Morgan fingerprint density at radius 2 is 2.08 bits per heavy atom. The van der Waals surface area contributed by atoms with Crippen LogP contribution in [0.25, 0.3) is 5.69 Å². The molecule has 0 aliphatic carbocycles. The summed E-state index contributed by atoms with van der Waals surface area (Å²) >= 11 is 0. The van der Waals surface area contributed by atoms with E-state index < -0.39 is 0 Å². The second kappa shape index (κ2) is 7.94. The molecule has 0 aliphatic heterocycles. The first kappa shape index (κ1) is 17.2. The summed E-state index contributed by atoms with van der Waals surface area (Å²) in [5.74, 6) is 0.654. The number of hydrogen-bond donors (Lipinski definition) is 1. The summed E-state index contributed by atoms with van der Waals surface area (Å²) in [6.07, 6.45) is 5.81. The number of ether oxygens (including phenoxy) is 1. The molecule has 0 atom stereocenters. The molecular weight excluding hydrogens is 317 g/mol. The van der Waals surface area contributed by atoms with E-state index in [4.69, 9.17) is 4.74 Å². The molecule has 0 radical (unpaired) electrons. The number of nitrogens with zero attached hydrogens (tertiary/aromatic N) is 2. The molecule has 0 bridgehead atoms. The monoisotopic (exact) mass is 339 g/mol. The minimum absolute atomic E-state index is 0.252. The zero-order chi connectivity index (χ0) is 17.6. The van der Waals surface area contributed by atoms with Crippen LogP contribution in [0.4, 0.5) is 4.39 Å². The van der Waals surface area contributed by atoms with Crippen molar-refractivity contribution in [1.82, 2.24) is 14.9 Å². The molecule has 3 aromatic rings. The third-order valence-electron chi connectivity index (χ3n) is 4.13. The summed E-state index contributed by atoms with van der Waals surface area (Å²) in [6.45, 7) is 3.49. The molecule has 1 aromatic heterocycles. The van der Waals surface area contributed by atoms with E-state index >= 15 is 0 Å². The Bertz CT molecular complexity index is 831. The molecule has 0 spiro atoms. The molecule has 1 N–H and O–H groups in total. The first-order valence-electron chi connectivity index (χ1n) is 8.28.